The van der Waals surface area contributed by atoms with Crippen molar-refractivity contribution < 1.29 is 13.2 Å². The van der Waals surface area contributed by atoms with Gasteiger partial charge in [-0.05, 0) is 42.5 Å². The van der Waals surface area contributed by atoms with Crippen LogP contribution >= 0.6 is 11.6 Å². The van der Waals surface area contributed by atoms with Gasteiger partial charge in [-0.25, -0.2) is 23.1 Å². The minimum absolute atomic E-state index is 0.254. The quantitative estimate of drug-likeness (QED) is 0.430. The minimum atomic E-state index is -3.58. The maximum atomic E-state index is 13.0. The molecule has 0 radical (unpaired) electrons. The van der Waals surface area contributed by atoms with E-state index in [1.54, 1.807) is 48.3 Å². The summed E-state index contributed by atoms with van der Waals surface area (Å²) in [6.45, 7) is 1.71. The van der Waals surface area contributed by atoms with Gasteiger partial charge in [0.05, 0.1) is 29.3 Å². The Morgan fingerprint density at radius 3 is 2.45 bits per heavy atom. The van der Waals surface area contributed by atoms with Crippen LogP contribution < -0.4 is 9.64 Å². The zero-order valence-electron chi connectivity index (χ0n) is 17.8. The van der Waals surface area contributed by atoms with Gasteiger partial charge in [0.1, 0.15) is 17.9 Å². The average Bonchev–Trinajstić information content (AvgIpc) is 3.28. The van der Waals surface area contributed by atoms with E-state index in [2.05, 4.69) is 20.0 Å². The van der Waals surface area contributed by atoms with Crippen molar-refractivity contribution in [1.29, 1.82) is 0 Å². The fourth-order valence-electron chi connectivity index (χ4n) is 3.92. The fraction of sp³-hybridized carbons (Fsp3) is 0.227. The number of sulfonamides is 1. The Labute approximate surface area is 196 Å². The van der Waals surface area contributed by atoms with Crippen LogP contribution in [-0.2, 0) is 10.0 Å². The largest absolute Gasteiger partial charge is 0.497 e. The summed E-state index contributed by atoms with van der Waals surface area (Å²) in [5, 5.41) is 5.89. The van der Waals surface area contributed by atoms with Crippen molar-refractivity contribution in [2.24, 2.45) is 0 Å². The molecule has 0 bridgehead atoms. The molecule has 0 amide bonds. The topological polar surface area (TPSA) is 93.5 Å². The molecule has 1 aliphatic rings. The highest BCUT2D eigenvalue weighted by molar-refractivity contribution is 7.89. The summed E-state index contributed by atoms with van der Waals surface area (Å²) in [4.78, 5) is 11.2. The second kappa shape index (κ2) is 8.62. The first-order valence-corrected chi connectivity index (χ1v) is 12.1. The number of halogens is 1. The van der Waals surface area contributed by atoms with E-state index in [1.807, 2.05) is 18.2 Å². The van der Waals surface area contributed by atoms with Crippen molar-refractivity contribution in [1.82, 2.24) is 24.1 Å². The Hall–Kier alpha value is -3.21. The summed E-state index contributed by atoms with van der Waals surface area (Å²) >= 11 is 6.13. The summed E-state index contributed by atoms with van der Waals surface area (Å²) in [5.41, 5.74) is 1.47. The second-order valence-electron chi connectivity index (χ2n) is 7.54. The van der Waals surface area contributed by atoms with E-state index in [1.165, 1.54) is 10.6 Å². The molecule has 1 fully saturated rings. The summed E-state index contributed by atoms with van der Waals surface area (Å²) in [6.07, 6.45) is 3.23. The molecule has 3 heterocycles. The van der Waals surface area contributed by atoms with Gasteiger partial charge < -0.3 is 9.64 Å². The lowest BCUT2D eigenvalue weighted by atomic mass is 10.3. The monoisotopic (exact) mass is 484 g/mol. The Morgan fingerprint density at radius 1 is 1.00 bits per heavy atom. The molecule has 1 saturated heterocycles. The summed E-state index contributed by atoms with van der Waals surface area (Å²) < 4.78 is 34.4. The molecule has 0 unspecified atom stereocenters. The molecule has 4 aromatic rings. The first-order chi connectivity index (χ1) is 16.0. The third kappa shape index (κ3) is 4.01. The van der Waals surface area contributed by atoms with Gasteiger partial charge in [0.15, 0.2) is 5.65 Å². The van der Waals surface area contributed by atoms with Gasteiger partial charge in [-0.3, -0.25) is 0 Å². The lowest BCUT2D eigenvalue weighted by molar-refractivity contribution is 0.384. The fourth-order valence-corrected chi connectivity index (χ4v) is 5.52. The highest BCUT2D eigenvalue weighted by Crippen LogP contribution is 2.27. The van der Waals surface area contributed by atoms with Crippen LogP contribution in [0.2, 0.25) is 5.02 Å². The maximum absolute atomic E-state index is 13.0. The van der Waals surface area contributed by atoms with Gasteiger partial charge >= 0.3 is 0 Å². The van der Waals surface area contributed by atoms with Crippen molar-refractivity contribution in [3.8, 4) is 11.4 Å². The lowest BCUT2D eigenvalue weighted by Gasteiger charge is -2.34. The maximum Gasteiger partial charge on any atom is 0.243 e. The van der Waals surface area contributed by atoms with Crippen LogP contribution in [0.5, 0.6) is 5.75 Å². The van der Waals surface area contributed by atoms with Crippen molar-refractivity contribution >= 4 is 38.5 Å². The first-order valence-electron chi connectivity index (χ1n) is 10.3. The van der Waals surface area contributed by atoms with Gasteiger partial charge in [-0.2, -0.15) is 9.40 Å². The molecule has 170 valence electrons. The van der Waals surface area contributed by atoms with E-state index in [4.69, 9.17) is 16.3 Å². The summed E-state index contributed by atoms with van der Waals surface area (Å²) in [7, 11) is -2.03. The van der Waals surface area contributed by atoms with Crippen LogP contribution in [0.3, 0.4) is 0 Å². The van der Waals surface area contributed by atoms with E-state index in [9.17, 15) is 8.42 Å². The second-order valence-corrected chi connectivity index (χ2v) is 9.91. The number of aromatic nitrogens is 4. The smallest absolute Gasteiger partial charge is 0.243 e. The summed E-state index contributed by atoms with van der Waals surface area (Å²) in [6, 6.07) is 13.8. The van der Waals surface area contributed by atoms with Gasteiger partial charge in [0, 0.05) is 31.2 Å². The number of rotatable bonds is 5. The zero-order chi connectivity index (χ0) is 23.0. The van der Waals surface area contributed by atoms with Crippen LogP contribution in [0.4, 0.5) is 5.82 Å². The lowest BCUT2D eigenvalue weighted by Crippen LogP contribution is -2.49. The number of hydrogen-bond donors (Lipinski definition) is 0. The normalized spacial score (nSPS) is 15.2. The molecule has 9 nitrogen and oxygen atoms in total. The van der Waals surface area contributed by atoms with E-state index in [0.717, 1.165) is 16.9 Å². The number of anilines is 1. The Bertz CT molecular complexity index is 1400. The number of benzene rings is 2. The predicted molar refractivity (Wildman–Crippen MR) is 126 cm³/mol. The number of nitrogens with zero attached hydrogens (tertiary/aromatic N) is 6. The molecule has 0 saturated carbocycles. The number of fused-ring (bicyclic) bond motifs is 1. The molecule has 11 heteroatoms. The van der Waals surface area contributed by atoms with E-state index < -0.39 is 10.0 Å². The molecule has 0 aliphatic carbocycles. The Morgan fingerprint density at radius 2 is 1.76 bits per heavy atom. The van der Waals surface area contributed by atoms with Crippen molar-refractivity contribution in [3.63, 3.8) is 0 Å². The van der Waals surface area contributed by atoms with Crippen LogP contribution in [-0.4, -0.2) is 65.8 Å². The molecule has 2 aromatic carbocycles. The first kappa shape index (κ1) is 21.6. The molecular weight excluding hydrogens is 464 g/mol. The third-order valence-electron chi connectivity index (χ3n) is 5.63. The molecule has 2 aromatic heterocycles. The molecule has 33 heavy (non-hydrogen) atoms. The van der Waals surface area contributed by atoms with E-state index in [-0.39, 0.29) is 4.90 Å². The molecule has 0 atom stereocenters. The number of piperazine rings is 1. The van der Waals surface area contributed by atoms with Crippen molar-refractivity contribution in [2.45, 2.75) is 4.90 Å². The predicted octanol–water partition coefficient (Wildman–Crippen LogP) is 2.99. The van der Waals surface area contributed by atoms with Crippen LogP contribution in [0, 0.1) is 0 Å². The van der Waals surface area contributed by atoms with Crippen LogP contribution in [0.1, 0.15) is 0 Å². The molecule has 0 N–H and O–H groups in total. The molecular formula is C22H21ClN6O3S. The summed E-state index contributed by atoms with van der Waals surface area (Å²) in [5.74, 6) is 1.35. The zero-order valence-corrected chi connectivity index (χ0v) is 19.4. The standard InChI is InChI=1S/C22H21ClN6O3S/c1-32-18-5-7-19(8-6-18)33(30,31)28-11-9-27(10-12-28)21-20-14-26-29(22(20)25-15-24-21)17-4-2-3-16(23)13-17/h2-8,13-15H,9-12H2,1H3. The van der Waals surface area contributed by atoms with E-state index >= 15 is 0 Å². The highest BCUT2D eigenvalue weighted by Gasteiger charge is 2.30. The Kier molecular flexibility index (Phi) is 5.65. The van der Waals surface area contributed by atoms with Crippen molar-refractivity contribution in [3.05, 3.63) is 66.1 Å². The van der Waals surface area contributed by atoms with Gasteiger partial charge in [0.25, 0.3) is 0 Å². The number of methoxy groups -OCH3 is 1. The van der Waals surface area contributed by atoms with E-state index in [0.29, 0.717) is 42.6 Å². The molecule has 5 rings (SSSR count). The SMILES string of the molecule is COc1ccc(S(=O)(=O)N2CCN(c3ncnc4c3cnn4-c3cccc(Cl)c3)CC2)cc1. The number of ether oxygens (including phenoxy) is 1. The Balaban J connectivity index is 1.37. The number of hydrogen-bond acceptors (Lipinski definition) is 7. The van der Waals surface area contributed by atoms with Crippen LogP contribution in [0.25, 0.3) is 16.7 Å². The molecule has 1 aliphatic heterocycles. The van der Waals surface area contributed by atoms with Crippen LogP contribution in [0.15, 0.2) is 66.0 Å². The molecule has 0 spiro atoms. The van der Waals surface area contributed by atoms with Gasteiger partial charge in [-0.15, -0.1) is 0 Å². The average molecular weight is 485 g/mol. The minimum Gasteiger partial charge on any atom is -0.497 e. The third-order valence-corrected chi connectivity index (χ3v) is 7.78. The highest BCUT2D eigenvalue weighted by atomic mass is 35.5. The van der Waals surface area contributed by atoms with Gasteiger partial charge in [0.2, 0.25) is 10.0 Å². The van der Waals surface area contributed by atoms with Gasteiger partial charge in [-0.1, -0.05) is 17.7 Å². The van der Waals surface area contributed by atoms with Crippen molar-refractivity contribution in [2.75, 3.05) is 38.2 Å².